The van der Waals surface area contributed by atoms with Gasteiger partial charge in [-0.2, -0.15) is 4.98 Å². The van der Waals surface area contributed by atoms with Crippen LogP contribution in [0.5, 0.6) is 0 Å². The number of aromatic nitrogens is 2. The van der Waals surface area contributed by atoms with Crippen molar-refractivity contribution in [3.8, 4) is 0 Å². The fourth-order valence-electron chi connectivity index (χ4n) is 4.02. The van der Waals surface area contributed by atoms with Gasteiger partial charge >= 0.3 is 0 Å². The summed E-state index contributed by atoms with van der Waals surface area (Å²) in [5.74, 6) is 0.847. The smallest absolute Gasteiger partial charge is 0.243 e. The fraction of sp³-hybridized carbons (Fsp3) is 0.391. The third-order valence-corrected chi connectivity index (χ3v) is 5.79. The highest BCUT2D eigenvalue weighted by Gasteiger charge is 2.30. The van der Waals surface area contributed by atoms with Crippen molar-refractivity contribution in [2.75, 3.05) is 26.2 Å². The average molecular weight is 412 g/mol. The highest BCUT2D eigenvalue weighted by Crippen LogP contribution is 2.31. The molecule has 4 rings (SSSR count). The summed E-state index contributed by atoms with van der Waals surface area (Å²) in [5, 5.41) is 4.00. The lowest BCUT2D eigenvalue weighted by atomic mass is 9.96. The first kappa shape index (κ1) is 20.6. The Kier molecular flexibility index (Phi) is 6.20. The third-order valence-electron chi connectivity index (χ3n) is 5.79. The number of hydrogen-bond acceptors (Lipinski definition) is 5. The molecule has 1 atom stereocenters. The van der Waals surface area contributed by atoms with Crippen LogP contribution in [0, 0.1) is 11.6 Å². The highest BCUT2D eigenvalue weighted by atomic mass is 19.1. The predicted molar refractivity (Wildman–Crippen MR) is 110 cm³/mol. The van der Waals surface area contributed by atoms with Gasteiger partial charge in [0.05, 0.1) is 12.1 Å². The quantitative estimate of drug-likeness (QED) is 0.601. The van der Waals surface area contributed by atoms with Gasteiger partial charge in [0.25, 0.3) is 0 Å². The molecule has 0 saturated carbocycles. The maximum atomic E-state index is 13.5. The van der Waals surface area contributed by atoms with Gasteiger partial charge in [-0.3, -0.25) is 9.80 Å². The summed E-state index contributed by atoms with van der Waals surface area (Å²) in [5.41, 5.74) is 1.99. The van der Waals surface area contributed by atoms with Crippen molar-refractivity contribution in [1.82, 2.24) is 19.9 Å². The summed E-state index contributed by atoms with van der Waals surface area (Å²) in [6.45, 7) is 7.40. The lowest BCUT2D eigenvalue weighted by Crippen LogP contribution is -2.48. The SMILES string of the molecule is CCc1noc([C@@H](C)N2CCN(C(c3ccc(F)cc3)c3ccc(F)cc3)CC2)n1. The van der Waals surface area contributed by atoms with Gasteiger partial charge in [-0.25, -0.2) is 8.78 Å². The molecule has 7 heteroatoms. The molecule has 2 heterocycles. The summed E-state index contributed by atoms with van der Waals surface area (Å²) < 4.78 is 32.4. The Balaban J connectivity index is 1.51. The number of benzene rings is 2. The Morgan fingerprint density at radius 2 is 1.37 bits per heavy atom. The summed E-state index contributed by atoms with van der Waals surface area (Å²) in [7, 11) is 0. The molecule has 1 saturated heterocycles. The topological polar surface area (TPSA) is 45.4 Å². The van der Waals surface area contributed by atoms with Crippen LogP contribution in [0.25, 0.3) is 0 Å². The molecule has 1 aliphatic rings. The van der Waals surface area contributed by atoms with Gasteiger partial charge in [0, 0.05) is 32.6 Å². The molecule has 1 aromatic heterocycles. The minimum absolute atomic E-state index is 0.0510. The predicted octanol–water partition coefficient (Wildman–Crippen LogP) is 4.38. The number of aryl methyl sites for hydroxylation is 1. The standard InChI is InChI=1S/C23H26F2N4O/c1-3-21-26-23(30-27-21)16(2)28-12-14-29(15-13-28)22(17-4-8-19(24)9-5-17)18-6-10-20(25)11-7-18/h4-11,16,22H,3,12-15H2,1-2H3/t16-/m1/s1. The molecule has 0 amide bonds. The second-order valence-electron chi connectivity index (χ2n) is 7.66. The van der Waals surface area contributed by atoms with Crippen molar-refractivity contribution in [2.24, 2.45) is 0 Å². The van der Waals surface area contributed by atoms with E-state index in [1.165, 1.54) is 24.3 Å². The first-order chi connectivity index (χ1) is 14.5. The van der Waals surface area contributed by atoms with Crippen LogP contribution in [0.4, 0.5) is 8.78 Å². The molecular weight excluding hydrogens is 386 g/mol. The molecule has 3 aromatic rings. The number of piperazine rings is 1. The molecule has 1 aliphatic heterocycles. The van der Waals surface area contributed by atoms with Crippen molar-refractivity contribution < 1.29 is 13.3 Å². The van der Waals surface area contributed by atoms with Crippen LogP contribution in [0.2, 0.25) is 0 Å². The third kappa shape index (κ3) is 4.42. The minimum atomic E-state index is -0.263. The summed E-state index contributed by atoms with van der Waals surface area (Å²) in [6, 6.07) is 13.1. The molecule has 0 bridgehead atoms. The molecule has 5 nitrogen and oxygen atoms in total. The molecular formula is C23H26F2N4O. The van der Waals surface area contributed by atoms with E-state index in [2.05, 4.69) is 26.9 Å². The van der Waals surface area contributed by atoms with Gasteiger partial charge in [-0.15, -0.1) is 0 Å². The lowest BCUT2D eigenvalue weighted by molar-refractivity contribution is 0.0726. The van der Waals surface area contributed by atoms with Crippen molar-refractivity contribution >= 4 is 0 Å². The average Bonchev–Trinajstić information content (AvgIpc) is 3.26. The van der Waals surface area contributed by atoms with Crippen molar-refractivity contribution in [3.63, 3.8) is 0 Å². The van der Waals surface area contributed by atoms with Gasteiger partial charge in [0.1, 0.15) is 11.6 Å². The van der Waals surface area contributed by atoms with E-state index in [0.717, 1.165) is 49.6 Å². The van der Waals surface area contributed by atoms with Crippen LogP contribution in [-0.4, -0.2) is 46.1 Å². The molecule has 1 fully saturated rings. The Morgan fingerprint density at radius 3 is 1.83 bits per heavy atom. The highest BCUT2D eigenvalue weighted by molar-refractivity contribution is 5.32. The molecule has 0 aliphatic carbocycles. The molecule has 158 valence electrons. The summed E-state index contributed by atoms with van der Waals surface area (Å²) in [6.07, 6.45) is 0.751. The minimum Gasteiger partial charge on any atom is -0.338 e. The van der Waals surface area contributed by atoms with Crippen molar-refractivity contribution in [3.05, 3.63) is 83.0 Å². The first-order valence-electron chi connectivity index (χ1n) is 10.4. The van der Waals surface area contributed by atoms with Crippen molar-refractivity contribution in [2.45, 2.75) is 32.4 Å². The Morgan fingerprint density at radius 1 is 0.867 bits per heavy atom. The van der Waals surface area contributed by atoms with E-state index in [1.54, 1.807) is 0 Å². The van der Waals surface area contributed by atoms with E-state index in [1.807, 2.05) is 31.2 Å². The Hall–Kier alpha value is -2.64. The van der Waals surface area contributed by atoms with Crippen molar-refractivity contribution in [1.29, 1.82) is 0 Å². The van der Waals surface area contributed by atoms with Crippen LogP contribution in [0.15, 0.2) is 53.1 Å². The maximum Gasteiger partial charge on any atom is 0.243 e. The zero-order valence-corrected chi connectivity index (χ0v) is 17.3. The van der Waals surface area contributed by atoms with E-state index >= 15 is 0 Å². The second kappa shape index (κ2) is 9.02. The largest absolute Gasteiger partial charge is 0.338 e. The maximum absolute atomic E-state index is 13.5. The number of nitrogens with zero attached hydrogens (tertiary/aromatic N) is 4. The molecule has 0 spiro atoms. The van der Waals surface area contributed by atoms with Crippen LogP contribution in [-0.2, 0) is 6.42 Å². The number of halogens is 2. The normalized spacial score (nSPS) is 16.8. The molecule has 2 aromatic carbocycles. The molecule has 0 unspecified atom stereocenters. The number of hydrogen-bond donors (Lipinski definition) is 0. The van der Waals surface area contributed by atoms with E-state index < -0.39 is 0 Å². The van der Waals surface area contributed by atoms with E-state index in [4.69, 9.17) is 4.52 Å². The van der Waals surface area contributed by atoms with Crippen LogP contribution in [0.1, 0.15) is 48.8 Å². The lowest BCUT2D eigenvalue weighted by Gasteiger charge is -2.41. The van der Waals surface area contributed by atoms with Gasteiger partial charge in [-0.1, -0.05) is 36.3 Å². The van der Waals surface area contributed by atoms with E-state index in [0.29, 0.717) is 5.89 Å². The zero-order valence-electron chi connectivity index (χ0n) is 17.3. The molecule has 0 N–H and O–H groups in total. The fourth-order valence-corrected chi connectivity index (χ4v) is 4.02. The zero-order chi connectivity index (χ0) is 21.1. The summed E-state index contributed by atoms with van der Waals surface area (Å²) >= 11 is 0. The van der Waals surface area contributed by atoms with Gasteiger partial charge in [0.15, 0.2) is 5.82 Å². The monoisotopic (exact) mass is 412 g/mol. The van der Waals surface area contributed by atoms with Crippen LogP contribution < -0.4 is 0 Å². The van der Waals surface area contributed by atoms with Gasteiger partial charge < -0.3 is 4.52 Å². The molecule has 30 heavy (non-hydrogen) atoms. The van der Waals surface area contributed by atoms with E-state index in [-0.39, 0.29) is 23.7 Å². The Labute approximate surface area is 175 Å². The Bertz CT molecular complexity index is 905. The van der Waals surface area contributed by atoms with E-state index in [9.17, 15) is 8.78 Å². The summed E-state index contributed by atoms with van der Waals surface area (Å²) in [4.78, 5) is 9.15. The van der Waals surface area contributed by atoms with Gasteiger partial charge in [0.2, 0.25) is 5.89 Å². The second-order valence-corrected chi connectivity index (χ2v) is 7.66. The van der Waals surface area contributed by atoms with Gasteiger partial charge in [-0.05, 0) is 42.3 Å². The molecule has 0 radical (unpaired) electrons. The number of rotatable bonds is 6. The van der Waals surface area contributed by atoms with Crippen LogP contribution in [0.3, 0.4) is 0 Å². The van der Waals surface area contributed by atoms with Crippen LogP contribution >= 0.6 is 0 Å². The first-order valence-corrected chi connectivity index (χ1v) is 10.4.